The molecule has 4 nitrogen and oxygen atoms in total. The standard InChI is InChI=1S/C11H11F3N2O2/c12-7-2-3-8(15-6-7)16-9(17)11(13,14)10(18)4-1-5-10/h2-3,6,18H,1,4-5H2,(H,15,16,17). The Labute approximate surface area is 101 Å². The maximum Gasteiger partial charge on any atom is 0.352 e. The Bertz CT molecular complexity index is 458. The number of carbonyl (C=O) groups excluding carboxylic acids is 1. The van der Waals surface area contributed by atoms with Crippen molar-refractivity contribution in [2.24, 2.45) is 0 Å². The van der Waals surface area contributed by atoms with Gasteiger partial charge in [-0.05, 0) is 31.4 Å². The number of nitrogens with one attached hydrogen (secondary N) is 1. The van der Waals surface area contributed by atoms with Crippen LogP contribution in [0.15, 0.2) is 18.3 Å². The van der Waals surface area contributed by atoms with Crippen molar-refractivity contribution < 1.29 is 23.1 Å². The fourth-order valence-electron chi connectivity index (χ4n) is 1.68. The first-order valence-corrected chi connectivity index (χ1v) is 5.38. The topological polar surface area (TPSA) is 62.2 Å². The van der Waals surface area contributed by atoms with Crippen LogP contribution in [0, 0.1) is 5.82 Å². The Kier molecular flexibility index (Phi) is 3.02. The molecule has 1 aliphatic carbocycles. The third kappa shape index (κ3) is 2.05. The molecule has 0 atom stereocenters. The van der Waals surface area contributed by atoms with Gasteiger partial charge in [-0.3, -0.25) is 4.79 Å². The second-order valence-electron chi connectivity index (χ2n) is 4.28. The van der Waals surface area contributed by atoms with Gasteiger partial charge < -0.3 is 10.4 Å². The Balaban J connectivity index is 2.09. The zero-order valence-corrected chi connectivity index (χ0v) is 9.29. The van der Waals surface area contributed by atoms with Crippen LogP contribution in [0.5, 0.6) is 0 Å². The van der Waals surface area contributed by atoms with Gasteiger partial charge in [0.2, 0.25) is 0 Å². The monoisotopic (exact) mass is 260 g/mol. The molecule has 2 rings (SSSR count). The molecule has 1 aromatic rings. The zero-order chi connectivity index (χ0) is 13.4. The van der Waals surface area contributed by atoms with Gasteiger partial charge in [-0.25, -0.2) is 9.37 Å². The average Bonchev–Trinajstić information content (AvgIpc) is 2.28. The number of hydrogen-bond donors (Lipinski definition) is 2. The van der Waals surface area contributed by atoms with Gasteiger partial charge in [0, 0.05) is 0 Å². The smallest absolute Gasteiger partial charge is 0.352 e. The third-order valence-corrected chi connectivity index (χ3v) is 3.02. The number of aromatic nitrogens is 1. The predicted octanol–water partition coefficient (Wildman–Crippen LogP) is 1.71. The van der Waals surface area contributed by atoms with Gasteiger partial charge in [-0.15, -0.1) is 0 Å². The molecule has 0 radical (unpaired) electrons. The highest BCUT2D eigenvalue weighted by molar-refractivity contribution is 5.96. The van der Waals surface area contributed by atoms with Gasteiger partial charge in [0.25, 0.3) is 5.91 Å². The van der Waals surface area contributed by atoms with E-state index in [1.54, 1.807) is 0 Å². The molecule has 0 saturated heterocycles. The van der Waals surface area contributed by atoms with E-state index in [1.165, 1.54) is 0 Å². The summed E-state index contributed by atoms with van der Waals surface area (Å²) < 4.78 is 39.8. The predicted molar refractivity (Wildman–Crippen MR) is 56.6 cm³/mol. The van der Waals surface area contributed by atoms with Crippen LogP contribution in [0.3, 0.4) is 0 Å². The number of alkyl halides is 2. The molecule has 1 aromatic heterocycles. The van der Waals surface area contributed by atoms with Crippen molar-refractivity contribution in [2.45, 2.75) is 30.8 Å². The largest absolute Gasteiger partial charge is 0.383 e. The summed E-state index contributed by atoms with van der Waals surface area (Å²) in [5.74, 6) is -6.36. The number of anilines is 1. The van der Waals surface area contributed by atoms with E-state index in [-0.39, 0.29) is 18.7 Å². The number of hydrogen-bond acceptors (Lipinski definition) is 3. The molecular weight excluding hydrogens is 249 g/mol. The van der Waals surface area contributed by atoms with E-state index in [1.807, 2.05) is 5.32 Å². The maximum atomic E-state index is 13.6. The number of halogens is 3. The van der Waals surface area contributed by atoms with Crippen molar-refractivity contribution in [1.29, 1.82) is 0 Å². The summed E-state index contributed by atoms with van der Waals surface area (Å²) in [5.41, 5.74) is -2.28. The summed E-state index contributed by atoms with van der Waals surface area (Å²) in [6.07, 6.45) is 1.01. The Morgan fingerprint density at radius 2 is 2.11 bits per heavy atom. The molecule has 98 valence electrons. The van der Waals surface area contributed by atoms with Crippen LogP contribution in [-0.2, 0) is 4.79 Å². The molecule has 1 fully saturated rings. The van der Waals surface area contributed by atoms with E-state index in [4.69, 9.17) is 0 Å². The lowest BCUT2D eigenvalue weighted by Crippen LogP contribution is -2.59. The average molecular weight is 260 g/mol. The van der Waals surface area contributed by atoms with Crippen molar-refractivity contribution in [1.82, 2.24) is 4.98 Å². The molecule has 2 N–H and O–H groups in total. The first kappa shape index (κ1) is 12.8. The first-order valence-electron chi connectivity index (χ1n) is 5.38. The van der Waals surface area contributed by atoms with Crippen LogP contribution in [0.25, 0.3) is 0 Å². The Morgan fingerprint density at radius 1 is 1.44 bits per heavy atom. The Hall–Kier alpha value is -1.63. The minimum absolute atomic E-state index is 0.121. The number of aliphatic hydroxyl groups is 1. The van der Waals surface area contributed by atoms with E-state index >= 15 is 0 Å². The zero-order valence-electron chi connectivity index (χ0n) is 9.29. The normalized spacial score (nSPS) is 18.0. The SMILES string of the molecule is O=C(Nc1ccc(F)cn1)C(F)(F)C1(O)CCC1. The third-order valence-electron chi connectivity index (χ3n) is 3.02. The summed E-state index contributed by atoms with van der Waals surface area (Å²) >= 11 is 0. The van der Waals surface area contributed by atoms with Gasteiger partial charge in [-0.2, -0.15) is 8.78 Å². The molecule has 1 amide bonds. The number of pyridine rings is 1. The van der Waals surface area contributed by atoms with Crippen molar-refractivity contribution in [3.05, 3.63) is 24.1 Å². The van der Waals surface area contributed by atoms with Gasteiger partial charge in [0.15, 0.2) is 0 Å². The summed E-state index contributed by atoms with van der Waals surface area (Å²) in [5, 5.41) is 11.4. The van der Waals surface area contributed by atoms with Crippen molar-refractivity contribution in [3.63, 3.8) is 0 Å². The van der Waals surface area contributed by atoms with Crippen molar-refractivity contribution in [3.8, 4) is 0 Å². The molecule has 0 spiro atoms. The highest BCUT2D eigenvalue weighted by atomic mass is 19.3. The second kappa shape index (κ2) is 4.24. The van der Waals surface area contributed by atoms with Gasteiger partial charge >= 0.3 is 5.92 Å². The van der Waals surface area contributed by atoms with Crippen LogP contribution in [0.1, 0.15) is 19.3 Å². The minimum Gasteiger partial charge on any atom is -0.383 e. The Morgan fingerprint density at radius 3 is 2.56 bits per heavy atom. The molecule has 18 heavy (non-hydrogen) atoms. The molecular formula is C11H11F3N2O2. The van der Waals surface area contributed by atoms with Gasteiger partial charge in [0.1, 0.15) is 17.2 Å². The summed E-state index contributed by atoms with van der Waals surface area (Å²) in [6, 6.07) is 2.05. The van der Waals surface area contributed by atoms with E-state index in [0.29, 0.717) is 6.42 Å². The van der Waals surface area contributed by atoms with Crippen LogP contribution >= 0.6 is 0 Å². The van der Waals surface area contributed by atoms with Gasteiger partial charge in [-0.1, -0.05) is 0 Å². The van der Waals surface area contributed by atoms with E-state index < -0.39 is 23.2 Å². The van der Waals surface area contributed by atoms with E-state index in [9.17, 15) is 23.1 Å². The van der Waals surface area contributed by atoms with E-state index in [2.05, 4.69) is 4.98 Å². The lowest BCUT2D eigenvalue weighted by molar-refractivity contribution is -0.212. The number of amides is 1. The molecule has 0 aromatic carbocycles. The molecule has 0 unspecified atom stereocenters. The fourth-order valence-corrected chi connectivity index (χ4v) is 1.68. The van der Waals surface area contributed by atoms with E-state index in [0.717, 1.165) is 18.3 Å². The second-order valence-corrected chi connectivity index (χ2v) is 4.28. The molecule has 1 aliphatic rings. The van der Waals surface area contributed by atoms with Gasteiger partial charge in [0.05, 0.1) is 6.20 Å². The number of nitrogens with zero attached hydrogens (tertiary/aromatic N) is 1. The van der Waals surface area contributed by atoms with Crippen LogP contribution < -0.4 is 5.32 Å². The number of carbonyl (C=O) groups is 1. The lowest BCUT2D eigenvalue weighted by atomic mass is 9.75. The summed E-state index contributed by atoms with van der Waals surface area (Å²) in [6.45, 7) is 0. The summed E-state index contributed by atoms with van der Waals surface area (Å²) in [7, 11) is 0. The lowest BCUT2D eigenvalue weighted by Gasteiger charge is -2.41. The van der Waals surface area contributed by atoms with Crippen LogP contribution in [0.4, 0.5) is 19.0 Å². The molecule has 0 bridgehead atoms. The van der Waals surface area contributed by atoms with Crippen LogP contribution in [0.2, 0.25) is 0 Å². The summed E-state index contributed by atoms with van der Waals surface area (Å²) in [4.78, 5) is 14.8. The fraction of sp³-hybridized carbons (Fsp3) is 0.455. The maximum absolute atomic E-state index is 13.6. The molecule has 7 heteroatoms. The molecule has 1 saturated carbocycles. The number of rotatable bonds is 3. The first-order chi connectivity index (χ1) is 8.35. The van der Waals surface area contributed by atoms with Crippen molar-refractivity contribution in [2.75, 3.05) is 5.32 Å². The quantitative estimate of drug-likeness (QED) is 0.869. The minimum atomic E-state index is -3.89. The van der Waals surface area contributed by atoms with Crippen molar-refractivity contribution >= 4 is 11.7 Å². The highest BCUT2D eigenvalue weighted by Crippen LogP contribution is 2.44. The molecule has 1 heterocycles. The highest BCUT2D eigenvalue weighted by Gasteiger charge is 2.61. The molecule has 0 aliphatic heterocycles. The van der Waals surface area contributed by atoms with Crippen LogP contribution in [-0.4, -0.2) is 27.5 Å².